The third-order valence-electron chi connectivity index (χ3n) is 8.27. The molecule has 0 N–H and O–H groups in total. The maximum atomic E-state index is 6.22. The van der Waals surface area contributed by atoms with Gasteiger partial charge in [-0.25, -0.2) is 15.0 Å². The van der Waals surface area contributed by atoms with E-state index in [2.05, 4.69) is 66.7 Å². The van der Waals surface area contributed by atoms with Crippen LogP contribution in [-0.4, -0.2) is 15.0 Å². The second kappa shape index (κ2) is 8.98. The number of rotatable bonds is 3. The molecule has 0 saturated carbocycles. The fourth-order valence-corrected chi connectivity index (χ4v) is 6.22. The second-order valence-electron chi connectivity index (χ2n) is 10.8. The van der Waals surface area contributed by atoms with Crippen LogP contribution in [0.4, 0.5) is 0 Å². The number of furan rings is 2. The summed E-state index contributed by atoms with van der Waals surface area (Å²) in [6.07, 6.45) is 5.22. The first-order chi connectivity index (χ1) is 20.8. The molecule has 3 heterocycles. The highest BCUT2D eigenvalue weighted by atomic mass is 16.3. The molecular formula is C37H23N3O2. The van der Waals surface area contributed by atoms with Gasteiger partial charge < -0.3 is 8.83 Å². The van der Waals surface area contributed by atoms with Crippen LogP contribution in [0.25, 0.3) is 72.7 Å². The smallest absolute Gasteiger partial charge is 0.164 e. The molecule has 9 rings (SSSR count). The molecule has 0 aliphatic heterocycles. The fraction of sp³-hybridized carbons (Fsp3) is 0.0541. The van der Waals surface area contributed by atoms with Crippen molar-refractivity contribution in [2.24, 2.45) is 0 Å². The summed E-state index contributed by atoms with van der Waals surface area (Å²) < 4.78 is 12.4. The summed E-state index contributed by atoms with van der Waals surface area (Å²) in [5.41, 5.74) is 7.68. The Hall–Kier alpha value is -5.55. The molecular weight excluding hydrogens is 518 g/mol. The van der Waals surface area contributed by atoms with Gasteiger partial charge in [0.15, 0.2) is 11.6 Å². The molecule has 0 radical (unpaired) electrons. The standard InChI is InChI=1S/C37H23N3O2/c1-2-9-23-20-24(17-16-22(23)8-1)35-38-36(25-18-19-27-26-10-3-5-13-30(26)42-33(27)21-25)40-37(39-35)29-12-7-15-32-34(29)28-11-4-6-14-31(28)41-32/h1-19,21,24H,20H2. The normalized spacial score (nSPS) is 14.7. The number of benzene rings is 5. The van der Waals surface area contributed by atoms with E-state index in [9.17, 15) is 0 Å². The monoisotopic (exact) mass is 541 g/mol. The molecule has 8 aromatic rings. The van der Waals surface area contributed by atoms with E-state index in [0.29, 0.717) is 11.6 Å². The Morgan fingerprint density at radius 1 is 0.571 bits per heavy atom. The van der Waals surface area contributed by atoms with E-state index in [-0.39, 0.29) is 5.92 Å². The van der Waals surface area contributed by atoms with Gasteiger partial charge in [0.1, 0.15) is 28.2 Å². The van der Waals surface area contributed by atoms with Crippen LogP contribution in [0.1, 0.15) is 22.9 Å². The quantitative estimate of drug-likeness (QED) is 0.223. The minimum atomic E-state index is 0.0237. The topological polar surface area (TPSA) is 65.0 Å². The molecule has 5 nitrogen and oxygen atoms in total. The van der Waals surface area contributed by atoms with Crippen LogP contribution in [0.3, 0.4) is 0 Å². The Kier molecular flexibility index (Phi) is 4.96. The van der Waals surface area contributed by atoms with E-state index in [1.165, 1.54) is 11.1 Å². The molecule has 0 fully saturated rings. The highest BCUT2D eigenvalue weighted by Crippen LogP contribution is 2.38. The summed E-state index contributed by atoms with van der Waals surface area (Å²) in [6, 6.07) is 37.0. The van der Waals surface area contributed by atoms with Crippen LogP contribution in [0.5, 0.6) is 0 Å². The molecule has 5 heteroatoms. The van der Waals surface area contributed by atoms with Gasteiger partial charge in [-0.2, -0.15) is 0 Å². The number of allylic oxidation sites excluding steroid dienone is 1. The van der Waals surface area contributed by atoms with E-state index in [1.54, 1.807) is 0 Å². The largest absolute Gasteiger partial charge is 0.456 e. The molecule has 3 aromatic heterocycles. The van der Waals surface area contributed by atoms with E-state index in [1.807, 2.05) is 54.6 Å². The Balaban J connectivity index is 1.26. The predicted molar refractivity (Wildman–Crippen MR) is 167 cm³/mol. The van der Waals surface area contributed by atoms with Gasteiger partial charge >= 0.3 is 0 Å². The summed E-state index contributed by atoms with van der Waals surface area (Å²) >= 11 is 0. The predicted octanol–water partition coefficient (Wildman–Crippen LogP) is 9.36. The first-order valence-corrected chi connectivity index (χ1v) is 14.1. The van der Waals surface area contributed by atoms with Crippen molar-refractivity contribution in [2.75, 3.05) is 0 Å². The van der Waals surface area contributed by atoms with Crippen LogP contribution in [0.2, 0.25) is 0 Å². The Morgan fingerprint density at radius 2 is 1.29 bits per heavy atom. The van der Waals surface area contributed by atoms with Crippen molar-refractivity contribution in [3.63, 3.8) is 0 Å². The lowest BCUT2D eigenvalue weighted by atomic mass is 9.89. The van der Waals surface area contributed by atoms with Crippen molar-refractivity contribution in [2.45, 2.75) is 12.3 Å². The van der Waals surface area contributed by atoms with Crippen LogP contribution in [0.15, 0.2) is 124 Å². The third-order valence-corrected chi connectivity index (χ3v) is 8.27. The molecule has 0 saturated heterocycles. The second-order valence-corrected chi connectivity index (χ2v) is 10.8. The first-order valence-electron chi connectivity index (χ1n) is 14.1. The lowest BCUT2D eigenvalue weighted by molar-refractivity contribution is 0.668. The lowest BCUT2D eigenvalue weighted by Crippen LogP contribution is -2.12. The number of fused-ring (bicyclic) bond motifs is 7. The average Bonchev–Trinajstić information content (AvgIpc) is 3.62. The molecule has 42 heavy (non-hydrogen) atoms. The van der Waals surface area contributed by atoms with Gasteiger partial charge in [0.2, 0.25) is 0 Å². The van der Waals surface area contributed by atoms with Crippen molar-refractivity contribution in [3.8, 4) is 22.8 Å². The zero-order valence-electron chi connectivity index (χ0n) is 22.5. The zero-order valence-corrected chi connectivity index (χ0v) is 22.5. The highest BCUT2D eigenvalue weighted by molar-refractivity contribution is 6.11. The highest BCUT2D eigenvalue weighted by Gasteiger charge is 2.23. The molecule has 1 aliphatic rings. The van der Waals surface area contributed by atoms with Crippen molar-refractivity contribution in [3.05, 3.63) is 132 Å². The number of para-hydroxylation sites is 2. The van der Waals surface area contributed by atoms with Crippen LogP contribution in [0, 0.1) is 0 Å². The van der Waals surface area contributed by atoms with Gasteiger partial charge in [0, 0.05) is 38.6 Å². The Labute approximate surface area is 240 Å². The molecule has 1 atom stereocenters. The van der Waals surface area contributed by atoms with E-state index < -0.39 is 0 Å². The molecule has 0 bridgehead atoms. The van der Waals surface area contributed by atoms with E-state index in [4.69, 9.17) is 23.8 Å². The molecule has 1 unspecified atom stereocenters. The summed E-state index contributed by atoms with van der Waals surface area (Å²) in [4.78, 5) is 15.3. The van der Waals surface area contributed by atoms with Crippen LogP contribution >= 0.6 is 0 Å². The van der Waals surface area contributed by atoms with Crippen molar-refractivity contribution < 1.29 is 8.83 Å². The maximum absolute atomic E-state index is 6.22. The van der Waals surface area contributed by atoms with Gasteiger partial charge in [-0.05, 0) is 47.9 Å². The SMILES string of the molecule is C1=CC(c2nc(-c3ccc4c(c3)oc3ccccc34)nc(-c3cccc4oc5ccccc5c34)n2)Cc2ccccc21. The minimum Gasteiger partial charge on any atom is -0.456 e. The Morgan fingerprint density at radius 3 is 2.21 bits per heavy atom. The van der Waals surface area contributed by atoms with Crippen molar-refractivity contribution in [1.29, 1.82) is 0 Å². The van der Waals surface area contributed by atoms with E-state index >= 15 is 0 Å². The Bertz CT molecular complexity index is 2360. The maximum Gasteiger partial charge on any atom is 0.164 e. The third kappa shape index (κ3) is 3.60. The van der Waals surface area contributed by atoms with E-state index in [0.717, 1.165) is 67.2 Å². The lowest BCUT2D eigenvalue weighted by Gasteiger charge is -2.19. The summed E-state index contributed by atoms with van der Waals surface area (Å²) in [5.74, 6) is 2.02. The molecule has 1 aliphatic carbocycles. The molecule has 5 aromatic carbocycles. The van der Waals surface area contributed by atoms with Gasteiger partial charge in [0.25, 0.3) is 0 Å². The summed E-state index contributed by atoms with van der Waals surface area (Å²) in [7, 11) is 0. The summed E-state index contributed by atoms with van der Waals surface area (Å²) in [6.45, 7) is 0. The van der Waals surface area contributed by atoms with Crippen LogP contribution in [-0.2, 0) is 6.42 Å². The molecule has 198 valence electrons. The fourth-order valence-electron chi connectivity index (χ4n) is 6.22. The van der Waals surface area contributed by atoms with Crippen molar-refractivity contribution in [1.82, 2.24) is 15.0 Å². The van der Waals surface area contributed by atoms with Gasteiger partial charge in [-0.15, -0.1) is 0 Å². The van der Waals surface area contributed by atoms with Crippen LogP contribution < -0.4 is 0 Å². The van der Waals surface area contributed by atoms with Gasteiger partial charge in [0.05, 0.1) is 0 Å². The number of hydrogen-bond donors (Lipinski definition) is 0. The minimum absolute atomic E-state index is 0.0237. The molecule has 0 spiro atoms. The number of aromatic nitrogens is 3. The first kappa shape index (κ1) is 23.2. The van der Waals surface area contributed by atoms with Gasteiger partial charge in [-0.1, -0.05) is 91.0 Å². The van der Waals surface area contributed by atoms with Gasteiger partial charge in [-0.3, -0.25) is 0 Å². The average molecular weight is 542 g/mol. The number of hydrogen-bond acceptors (Lipinski definition) is 5. The molecule has 0 amide bonds. The van der Waals surface area contributed by atoms with Crippen molar-refractivity contribution >= 4 is 50.0 Å². The summed E-state index contributed by atoms with van der Waals surface area (Å²) in [5, 5.41) is 4.22. The zero-order chi connectivity index (χ0) is 27.6. The number of nitrogens with zero attached hydrogens (tertiary/aromatic N) is 3.